The van der Waals surface area contributed by atoms with Gasteiger partial charge in [0.2, 0.25) is 0 Å². The number of aromatic nitrogens is 1. The van der Waals surface area contributed by atoms with E-state index in [0.29, 0.717) is 0 Å². The van der Waals surface area contributed by atoms with Crippen LogP contribution >= 0.6 is 0 Å². The van der Waals surface area contributed by atoms with E-state index in [0.717, 1.165) is 17.1 Å². The van der Waals surface area contributed by atoms with Crippen LogP contribution in [0.25, 0.3) is 60.9 Å². The molecule has 1 aromatic heterocycles. The lowest BCUT2D eigenvalue weighted by atomic mass is 9.72. The average molecular weight is 831 g/mol. The first-order valence-corrected chi connectivity index (χ1v) is 23.1. The number of nitrogens with zero attached hydrogens (tertiary/aromatic N) is 2. The Balaban J connectivity index is 1.11. The molecule has 1 heterocycles. The van der Waals surface area contributed by atoms with Crippen molar-refractivity contribution >= 4 is 38.9 Å². The van der Waals surface area contributed by atoms with Crippen LogP contribution in [0.1, 0.15) is 103 Å². The van der Waals surface area contributed by atoms with Gasteiger partial charge in [0.1, 0.15) is 0 Å². The Labute approximate surface area is 379 Å². The van der Waals surface area contributed by atoms with Gasteiger partial charge in [-0.2, -0.15) is 0 Å². The maximum absolute atomic E-state index is 2.55. The lowest BCUT2D eigenvalue weighted by Gasteiger charge is -2.32. The minimum atomic E-state index is -0.170. The topological polar surface area (TPSA) is 8.17 Å². The van der Waals surface area contributed by atoms with Gasteiger partial charge in [-0.1, -0.05) is 172 Å². The predicted octanol–water partition coefficient (Wildman–Crippen LogP) is 17.1. The maximum atomic E-state index is 2.55. The molecule has 316 valence electrons. The summed E-state index contributed by atoms with van der Waals surface area (Å²) in [5.74, 6) is 0. The number of fused-ring (bicyclic) bond motifs is 9. The normalized spacial score (nSPS) is 14.7. The fourth-order valence-electron chi connectivity index (χ4n) is 11.3. The van der Waals surface area contributed by atoms with Gasteiger partial charge < -0.3 is 9.47 Å². The summed E-state index contributed by atoms with van der Waals surface area (Å²) in [6.07, 6.45) is 0. The van der Waals surface area contributed by atoms with Crippen LogP contribution in [0, 0.1) is 0 Å². The molecular formula is C62H58N2. The molecule has 0 aliphatic heterocycles. The maximum Gasteiger partial charge on any atom is 0.0544 e. The smallest absolute Gasteiger partial charge is 0.0544 e. The van der Waals surface area contributed by atoms with Gasteiger partial charge in [-0.3, -0.25) is 0 Å². The van der Waals surface area contributed by atoms with Gasteiger partial charge in [0.25, 0.3) is 0 Å². The minimum Gasteiger partial charge on any atom is -0.310 e. The Morgan fingerprint density at radius 3 is 1.67 bits per heavy atom. The number of para-hydroxylation sites is 1. The van der Waals surface area contributed by atoms with E-state index in [1.54, 1.807) is 0 Å². The summed E-state index contributed by atoms with van der Waals surface area (Å²) >= 11 is 0. The molecule has 64 heavy (non-hydrogen) atoms. The van der Waals surface area contributed by atoms with Crippen LogP contribution in [-0.2, 0) is 21.7 Å². The van der Waals surface area contributed by atoms with Crippen LogP contribution in [0.15, 0.2) is 170 Å². The summed E-state index contributed by atoms with van der Waals surface area (Å²) in [4.78, 5) is 2.50. The van der Waals surface area contributed by atoms with Crippen molar-refractivity contribution in [3.63, 3.8) is 0 Å². The zero-order valence-corrected chi connectivity index (χ0v) is 39.1. The third kappa shape index (κ3) is 5.98. The van der Waals surface area contributed by atoms with E-state index < -0.39 is 0 Å². The van der Waals surface area contributed by atoms with Crippen LogP contribution in [-0.4, -0.2) is 4.57 Å². The molecule has 2 aliphatic rings. The molecule has 0 saturated heterocycles. The van der Waals surface area contributed by atoms with Gasteiger partial charge in [0.15, 0.2) is 0 Å². The third-order valence-corrected chi connectivity index (χ3v) is 14.6. The van der Waals surface area contributed by atoms with Crippen molar-refractivity contribution in [3.05, 3.63) is 203 Å². The quantitative estimate of drug-likeness (QED) is 0.168. The third-order valence-electron chi connectivity index (χ3n) is 14.6. The highest BCUT2D eigenvalue weighted by Crippen LogP contribution is 2.57. The average Bonchev–Trinajstić information content (AvgIpc) is 3.82. The van der Waals surface area contributed by atoms with Gasteiger partial charge in [0, 0.05) is 44.2 Å². The Morgan fingerprint density at radius 1 is 0.406 bits per heavy atom. The summed E-state index contributed by atoms with van der Waals surface area (Å²) in [7, 11) is 0. The zero-order valence-electron chi connectivity index (χ0n) is 39.1. The van der Waals surface area contributed by atoms with Crippen molar-refractivity contribution < 1.29 is 0 Å². The zero-order chi connectivity index (χ0) is 44.5. The lowest BCUT2D eigenvalue weighted by molar-refractivity contribution is 0.527. The molecule has 11 rings (SSSR count). The van der Waals surface area contributed by atoms with Crippen molar-refractivity contribution in [2.24, 2.45) is 0 Å². The Kier molecular flexibility index (Phi) is 8.74. The first-order chi connectivity index (χ1) is 30.5. The van der Waals surface area contributed by atoms with Gasteiger partial charge in [0.05, 0.1) is 16.7 Å². The van der Waals surface area contributed by atoms with E-state index >= 15 is 0 Å². The fourth-order valence-corrected chi connectivity index (χ4v) is 11.3. The number of anilines is 3. The van der Waals surface area contributed by atoms with Crippen molar-refractivity contribution in [2.75, 3.05) is 4.90 Å². The van der Waals surface area contributed by atoms with Gasteiger partial charge in [-0.15, -0.1) is 0 Å². The number of benzene rings is 8. The highest BCUT2D eigenvalue weighted by Gasteiger charge is 2.41. The lowest BCUT2D eigenvalue weighted by Crippen LogP contribution is -2.24. The van der Waals surface area contributed by atoms with Crippen molar-refractivity contribution in [1.82, 2.24) is 4.57 Å². The molecule has 0 unspecified atom stereocenters. The van der Waals surface area contributed by atoms with Crippen molar-refractivity contribution in [3.8, 4) is 39.1 Å². The number of hydrogen-bond acceptors (Lipinski definition) is 1. The molecule has 0 fully saturated rings. The molecule has 0 saturated carbocycles. The first-order valence-electron chi connectivity index (χ1n) is 23.1. The van der Waals surface area contributed by atoms with Crippen LogP contribution in [0.5, 0.6) is 0 Å². The molecule has 2 nitrogen and oxygen atoms in total. The van der Waals surface area contributed by atoms with Crippen molar-refractivity contribution in [1.29, 1.82) is 0 Å². The molecule has 0 bridgehead atoms. The first kappa shape index (κ1) is 40.2. The van der Waals surface area contributed by atoms with E-state index in [9.17, 15) is 0 Å². The van der Waals surface area contributed by atoms with E-state index in [4.69, 9.17) is 0 Å². The second kappa shape index (κ2) is 13.9. The Hall–Kier alpha value is -6.64. The second-order valence-electron chi connectivity index (χ2n) is 21.5. The molecule has 0 atom stereocenters. The van der Waals surface area contributed by atoms with Crippen LogP contribution in [0.4, 0.5) is 17.1 Å². The Morgan fingerprint density at radius 2 is 0.969 bits per heavy atom. The van der Waals surface area contributed by atoms with E-state index in [-0.39, 0.29) is 21.7 Å². The standard InChI is InChI=1S/C62H58N2/c1-59(2,3)53-36-48-51(37-54(53)60(4,5)6)62(9,10)50-24-18-26-56(58(48)50)63(41-29-27-40(28-30-41)39-19-12-11-13-20-39)42-31-33-43(34-32-42)64-55-25-17-15-22-45(55)47-35-46-44-21-14-16-23-49(44)61(7,8)52(46)38-57(47)64/h11-38H,1-10H3. The number of hydrogen-bond donors (Lipinski definition) is 0. The summed E-state index contributed by atoms with van der Waals surface area (Å²) in [6.45, 7) is 23.8. The summed E-state index contributed by atoms with van der Waals surface area (Å²) in [5, 5.41) is 2.56. The van der Waals surface area contributed by atoms with E-state index in [2.05, 4.69) is 249 Å². The van der Waals surface area contributed by atoms with Crippen LogP contribution in [0.2, 0.25) is 0 Å². The SMILES string of the molecule is CC(C)(C)c1cc2c(cc1C(C)(C)C)C(C)(C)c1cccc(N(c3ccc(-c4ccccc4)cc3)c3ccc(-n4c5ccccc5c5cc6c(cc54)C(C)(C)c4ccccc4-6)cc3)c1-2. The molecule has 0 spiro atoms. The molecule has 0 radical (unpaired) electrons. The van der Waals surface area contributed by atoms with Gasteiger partial charge in [-0.05, 0) is 139 Å². The van der Waals surface area contributed by atoms with E-state index in [1.807, 2.05) is 0 Å². The molecule has 0 N–H and O–H groups in total. The fraction of sp³-hybridized carbons (Fsp3) is 0.226. The highest BCUT2D eigenvalue weighted by atomic mass is 15.1. The minimum absolute atomic E-state index is 0.0111. The van der Waals surface area contributed by atoms with E-state index in [1.165, 1.54) is 94.3 Å². The summed E-state index contributed by atoms with van der Waals surface area (Å²) in [6, 6.07) is 64.0. The monoisotopic (exact) mass is 830 g/mol. The molecular weight excluding hydrogens is 773 g/mol. The molecule has 2 aliphatic carbocycles. The van der Waals surface area contributed by atoms with Gasteiger partial charge in [-0.25, -0.2) is 0 Å². The second-order valence-corrected chi connectivity index (χ2v) is 21.5. The van der Waals surface area contributed by atoms with Crippen LogP contribution < -0.4 is 4.90 Å². The van der Waals surface area contributed by atoms with Crippen molar-refractivity contribution in [2.45, 2.75) is 90.9 Å². The summed E-state index contributed by atoms with van der Waals surface area (Å²) < 4.78 is 2.48. The van der Waals surface area contributed by atoms with Crippen LogP contribution in [0.3, 0.4) is 0 Å². The molecule has 2 heteroatoms. The molecule has 0 amide bonds. The largest absolute Gasteiger partial charge is 0.310 e. The highest BCUT2D eigenvalue weighted by molar-refractivity contribution is 6.11. The summed E-state index contributed by atoms with van der Waals surface area (Å²) in [5.41, 5.74) is 23.0. The molecule has 8 aromatic carbocycles. The predicted molar refractivity (Wildman–Crippen MR) is 273 cm³/mol. The molecule has 9 aromatic rings. The Bertz CT molecular complexity index is 3310. The number of rotatable bonds is 5. The van der Waals surface area contributed by atoms with Gasteiger partial charge >= 0.3 is 0 Å².